The Morgan fingerprint density at radius 1 is 1.28 bits per heavy atom. The van der Waals surface area contributed by atoms with E-state index >= 15 is 0 Å². The van der Waals surface area contributed by atoms with E-state index in [-0.39, 0.29) is 22.6 Å². The van der Waals surface area contributed by atoms with Crippen molar-refractivity contribution in [2.45, 2.75) is 52.2 Å². The van der Waals surface area contributed by atoms with Gasteiger partial charge >= 0.3 is 0 Å². The summed E-state index contributed by atoms with van der Waals surface area (Å²) in [5, 5.41) is 0. The molecule has 0 aromatic heterocycles. The molecule has 5 nitrogen and oxygen atoms in total. The van der Waals surface area contributed by atoms with Crippen molar-refractivity contribution in [1.82, 2.24) is 4.31 Å². The van der Waals surface area contributed by atoms with Crippen LogP contribution in [0, 0.1) is 16.7 Å². The van der Waals surface area contributed by atoms with Gasteiger partial charge in [0.25, 0.3) is 5.91 Å². The van der Waals surface area contributed by atoms with Crippen molar-refractivity contribution in [3.63, 3.8) is 0 Å². The number of nitrogens with zero attached hydrogens (tertiary/aromatic N) is 1. The maximum Gasteiger partial charge on any atom is 0.277 e. The van der Waals surface area contributed by atoms with Gasteiger partial charge < -0.3 is 4.74 Å². The van der Waals surface area contributed by atoms with E-state index in [1.165, 1.54) is 4.31 Å². The summed E-state index contributed by atoms with van der Waals surface area (Å²) in [6, 6.07) is 8.85. The summed E-state index contributed by atoms with van der Waals surface area (Å²) >= 11 is 0. The molecular formula is C19H25NO4S. The zero-order valence-electron chi connectivity index (χ0n) is 14.9. The monoisotopic (exact) mass is 363 g/mol. The van der Waals surface area contributed by atoms with Crippen molar-refractivity contribution in [2.75, 3.05) is 5.75 Å². The number of benzene rings is 1. The lowest BCUT2D eigenvalue weighted by molar-refractivity contribution is -0.135. The lowest BCUT2D eigenvalue weighted by Gasteiger charge is -2.37. The molecule has 1 amide bonds. The van der Waals surface area contributed by atoms with E-state index in [0.717, 1.165) is 19.3 Å². The molecule has 4 atom stereocenters. The lowest BCUT2D eigenvalue weighted by Crippen LogP contribution is -2.48. The van der Waals surface area contributed by atoms with Gasteiger partial charge in [-0.2, -0.15) is 0 Å². The Hall–Kier alpha value is -1.56. The minimum absolute atomic E-state index is 0.0384. The maximum atomic E-state index is 13.0. The van der Waals surface area contributed by atoms with Gasteiger partial charge in [-0.05, 0) is 49.7 Å². The molecule has 0 unspecified atom stereocenters. The maximum absolute atomic E-state index is 13.0. The van der Waals surface area contributed by atoms with E-state index < -0.39 is 22.0 Å². The average Bonchev–Trinajstić information content (AvgIpc) is 3.02. The zero-order chi connectivity index (χ0) is 18.0. The van der Waals surface area contributed by atoms with Gasteiger partial charge in [0.05, 0.1) is 11.8 Å². The lowest BCUT2D eigenvalue weighted by atomic mass is 9.69. The summed E-state index contributed by atoms with van der Waals surface area (Å²) < 4.78 is 32.7. The SMILES string of the molecule is C[C@@H](Oc1ccccc1)C(=O)N1[C@@H]2C[C@H]3CC[C@]2(CS1(=O)=O)C3(C)C. The molecule has 1 aromatic rings. The molecule has 2 bridgehead atoms. The van der Waals surface area contributed by atoms with Crippen LogP contribution >= 0.6 is 0 Å². The van der Waals surface area contributed by atoms with Gasteiger partial charge in [-0.15, -0.1) is 0 Å². The van der Waals surface area contributed by atoms with Crippen molar-refractivity contribution in [1.29, 1.82) is 0 Å². The molecule has 2 saturated carbocycles. The van der Waals surface area contributed by atoms with Gasteiger partial charge in [0.2, 0.25) is 10.0 Å². The fraction of sp³-hybridized carbons (Fsp3) is 0.632. The van der Waals surface area contributed by atoms with E-state index in [4.69, 9.17) is 4.74 Å². The topological polar surface area (TPSA) is 63.7 Å². The van der Waals surface area contributed by atoms with Crippen LogP contribution in [0.1, 0.15) is 40.0 Å². The van der Waals surface area contributed by atoms with Crippen LogP contribution in [0.15, 0.2) is 30.3 Å². The number of sulfonamides is 1. The molecular weight excluding hydrogens is 338 g/mol. The Bertz CT molecular complexity index is 804. The van der Waals surface area contributed by atoms with Crippen LogP contribution in [0.25, 0.3) is 0 Å². The number of carbonyl (C=O) groups is 1. The minimum Gasteiger partial charge on any atom is -0.481 e. The van der Waals surface area contributed by atoms with Crippen molar-refractivity contribution >= 4 is 15.9 Å². The first-order valence-corrected chi connectivity index (χ1v) is 10.6. The number of para-hydroxylation sites is 1. The van der Waals surface area contributed by atoms with Crippen molar-refractivity contribution in [3.05, 3.63) is 30.3 Å². The summed E-state index contributed by atoms with van der Waals surface area (Å²) in [4.78, 5) is 13.0. The van der Waals surface area contributed by atoms with Gasteiger partial charge in [-0.3, -0.25) is 4.79 Å². The molecule has 3 aliphatic rings. The number of fused-ring (bicyclic) bond motifs is 1. The van der Waals surface area contributed by atoms with Crippen LogP contribution in [0.3, 0.4) is 0 Å². The quantitative estimate of drug-likeness (QED) is 0.828. The van der Waals surface area contributed by atoms with Crippen molar-refractivity contribution in [2.24, 2.45) is 16.7 Å². The van der Waals surface area contributed by atoms with E-state index in [1.54, 1.807) is 19.1 Å². The number of rotatable bonds is 3. The van der Waals surface area contributed by atoms with Crippen LogP contribution in [0.4, 0.5) is 0 Å². The summed E-state index contributed by atoms with van der Waals surface area (Å²) in [5.41, 5.74) is -0.331. The second-order valence-corrected chi connectivity index (χ2v) is 10.2. The van der Waals surface area contributed by atoms with Crippen LogP contribution < -0.4 is 4.74 Å². The van der Waals surface area contributed by atoms with Gasteiger partial charge in [0, 0.05) is 5.41 Å². The highest BCUT2D eigenvalue weighted by Gasteiger charge is 2.72. The third-order valence-corrected chi connectivity index (χ3v) is 8.95. The molecule has 136 valence electrons. The predicted octanol–water partition coefficient (Wildman–Crippen LogP) is 2.82. The highest BCUT2D eigenvalue weighted by atomic mass is 32.2. The third kappa shape index (κ3) is 2.19. The zero-order valence-corrected chi connectivity index (χ0v) is 15.8. The first-order chi connectivity index (χ1) is 11.7. The number of hydrogen-bond donors (Lipinski definition) is 0. The number of carbonyl (C=O) groups excluding carboxylic acids is 1. The standard InChI is InChI=1S/C19H25NO4S/c1-13(24-15-7-5-4-6-8-15)17(21)20-16-11-14-9-10-19(16,18(14,2)3)12-25(20,22)23/h4-8,13-14,16H,9-12H2,1-3H3/t13-,14-,16-,19-/m1/s1. The van der Waals surface area contributed by atoms with Gasteiger partial charge in [0.1, 0.15) is 5.75 Å². The first kappa shape index (κ1) is 16.9. The van der Waals surface area contributed by atoms with E-state index in [9.17, 15) is 13.2 Å². The molecule has 2 aliphatic carbocycles. The molecule has 3 fully saturated rings. The Balaban J connectivity index is 1.63. The highest BCUT2D eigenvalue weighted by molar-refractivity contribution is 7.90. The van der Waals surface area contributed by atoms with E-state index in [0.29, 0.717) is 11.7 Å². The first-order valence-electron chi connectivity index (χ1n) is 8.97. The molecule has 0 radical (unpaired) electrons. The fourth-order valence-corrected chi connectivity index (χ4v) is 8.11. The van der Waals surface area contributed by atoms with Crippen LogP contribution in [-0.4, -0.2) is 36.5 Å². The van der Waals surface area contributed by atoms with Crippen LogP contribution in [-0.2, 0) is 14.8 Å². The molecule has 1 aliphatic heterocycles. The summed E-state index contributed by atoms with van der Waals surface area (Å²) in [6.45, 7) is 5.99. The predicted molar refractivity (Wildman–Crippen MR) is 94.5 cm³/mol. The van der Waals surface area contributed by atoms with Crippen LogP contribution in [0.2, 0.25) is 0 Å². The Morgan fingerprint density at radius 3 is 2.60 bits per heavy atom. The summed E-state index contributed by atoms with van der Waals surface area (Å²) in [6.07, 6.45) is 1.92. The molecule has 1 aromatic carbocycles. The molecule has 25 heavy (non-hydrogen) atoms. The molecule has 1 heterocycles. The molecule has 4 rings (SSSR count). The minimum atomic E-state index is -3.59. The Kier molecular flexibility index (Phi) is 3.53. The Labute approximate surface area is 149 Å². The van der Waals surface area contributed by atoms with Crippen molar-refractivity contribution in [3.8, 4) is 5.75 Å². The number of ether oxygens (including phenoxy) is 1. The number of hydrogen-bond acceptors (Lipinski definition) is 4. The fourth-order valence-electron chi connectivity index (χ4n) is 5.51. The van der Waals surface area contributed by atoms with Gasteiger partial charge in [-0.25, -0.2) is 12.7 Å². The summed E-state index contributed by atoms with van der Waals surface area (Å²) in [5.74, 6) is 0.725. The second-order valence-electron chi connectivity index (χ2n) is 8.33. The third-order valence-electron chi connectivity index (χ3n) is 7.03. The molecule has 1 saturated heterocycles. The van der Waals surface area contributed by atoms with Crippen molar-refractivity contribution < 1.29 is 17.9 Å². The summed E-state index contributed by atoms with van der Waals surface area (Å²) in [7, 11) is -3.59. The van der Waals surface area contributed by atoms with E-state index in [2.05, 4.69) is 13.8 Å². The molecule has 1 spiro atoms. The van der Waals surface area contributed by atoms with Crippen LogP contribution in [0.5, 0.6) is 5.75 Å². The van der Waals surface area contributed by atoms with E-state index in [1.807, 2.05) is 18.2 Å². The molecule has 0 N–H and O–H groups in total. The Morgan fingerprint density at radius 2 is 1.96 bits per heavy atom. The second kappa shape index (κ2) is 5.22. The number of amides is 1. The molecule has 6 heteroatoms. The van der Waals surface area contributed by atoms with Gasteiger partial charge in [0.15, 0.2) is 6.10 Å². The average molecular weight is 363 g/mol. The van der Waals surface area contributed by atoms with Gasteiger partial charge in [-0.1, -0.05) is 32.0 Å². The smallest absolute Gasteiger partial charge is 0.277 e. The highest BCUT2D eigenvalue weighted by Crippen LogP contribution is 2.70. The normalized spacial score (nSPS) is 35.4. The largest absolute Gasteiger partial charge is 0.481 e.